The zero-order valence-electron chi connectivity index (χ0n) is 13.5. The van der Waals surface area contributed by atoms with Crippen LogP contribution in [0.1, 0.15) is 28.5 Å². The summed E-state index contributed by atoms with van der Waals surface area (Å²) in [5, 5.41) is 1.24. The molecule has 0 N–H and O–H groups in total. The first kappa shape index (κ1) is 16.8. The van der Waals surface area contributed by atoms with Gasteiger partial charge in [-0.1, -0.05) is 59.6 Å². The van der Waals surface area contributed by atoms with Gasteiger partial charge in [0.15, 0.2) is 5.78 Å². The van der Waals surface area contributed by atoms with E-state index >= 15 is 0 Å². The second-order valence-corrected chi connectivity index (χ2v) is 6.63. The maximum atomic E-state index is 12.2. The van der Waals surface area contributed by atoms with Crippen molar-refractivity contribution in [2.24, 2.45) is 0 Å². The molecule has 122 valence electrons. The van der Waals surface area contributed by atoms with Gasteiger partial charge in [-0.2, -0.15) is 0 Å². The molecule has 0 saturated carbocycles. The minimum absolute atomic E-state index is 0.0623. The van der Waals surface area contributed by atoms with E-state index in [1.807, 2.05) is 55.6 Å². The fourth-order valence-electron chi connectivity index (χ4n) is 2.93. The number of aromatic nitrogens is 1. The number of benzene rings is 2. The standard InChI is InChI=1S/C20H17Cl2NO/c1-13-20(14(2)24)18(15-6-4-3-5-7-15)12-23(13)11-16-8-9-17(21)10-19(16)22/h3-10,12H,11H2,1-2H3. The Labute approximate surface area is 151 Å². The third-order valence-corrected chi connectivity index (χ3v) is 4.73. The van der Waals surface area contributed by atoms with Gasteiger partial charge in [0.25, 0.3) is 0 Å². The molecule has 0 fully saturated rings. The molecule has 0 unspecified atom stereocenters. The minimum atomic E-state index is 0.0623. The van der Waals surface area contributed by atoms with Crippen LogP contribution in [-0.2, 0) is 6.54 Å². The number of hydrogen-bond acceptors (Lipinski definition) is 1. The molecule has 0 aliphatic rings. The van der Waals surface area contributed by atoms with Gasteiger partial charge >= 0.3 is 0 Å². The van der Waals surface area contributed by atoms with Crippen LogP contribution in [0.2, 0.25) is 10.0 Å². The molecule has 0 saturated heterocycles. The van der Waals surface area contributed by atoms with Gasteiger partial charge in [-0.3, -0.25) is 4.79 Å². The number of carbonyl (C=O) groups is 1. The Kier molecular flexibility index (Phi) is 4.79. The van der Waals surface area contributed by atoms with Crippen LogP contribution in [0.5, 0.6) is 0 Å². The van der Waals surface area contributed by atoms with Crippen LogP contribution < -0.4 is 0 Å². The van der Waals surface area contributed by atoms with Gasteiger partial charge in [0.2, 0.25) is 0 Å². The fraction of sp³-hybridized carbons (Fsp3) is 0.150. The summed E-state index contributed by atoms with van der Waals surface area (Å²) in [5.74, 6) is 0.0623. The number of carbonyl (C=O) groups excluding carboxylic acids is 1. The smallest absolute Gasteiger partial charge is 0.162 e. The lowest BCUT2D eigenvalue weighted by molar-refractivity contribution is 0.101. The average Bonchev–Trinajstić information content (AvgIpc) is 2.88. The van der Waals surface area contributed by atoms with Gasteiger partial charge < -0.3 is 4.57 Å². The second kappa shape index (κ2) is 6.84. The van der Waals surface area contributed by atoms with Gasteiger partial charge in [-0.25, -0.2) is 0 Å². The lowest BCUT2D eigenvalue weighted by Crippen LogP contribution is -2.03. The van der Waals surface area contributed by atoms with E-state index in [-0.39, 0.29) is 5.78 Å². The van der Waals surface area contributed by atoms with Crippen molar-refractivity contribution in [2.45, 2.75) is 20.4 Å². The zero-order valence-corrected chi connectivity index (χ0v) is 15.0. The molecule has 0 amide bonds. The molecule has 3 rings (SSSR count). The topological polar surface area (TPSA) is 22.0 Å². The normalized spacial score (nSPS) is 10.8. The van der Waals surface area contributed by atoms with Crippen LogP contribution in [0.25, 0.3) is 11.1 Å². The number of hydrogen-bond donors (Lipinski definition) is 0. The zero-order chi connectivity index (χ0) is 17.3. The van der Waals surface area contributed by atoms with Crippen molar-refractivity contribution >= 4 is 29.0 Å². The van der Waals surface area contributed by atoms with E-state index in [1.54, 1.807) is 13.0 Å². The van der Waals surface area contributed by atoms with Crippen LogP contribution in [0.3, 0.4) is 0 Å². The minimum Gasteiger partial charge on any atom is -0.346 e. The van der Waals surface area contributed by atoms with Gasteiger partial charge in [0, 0.05) is 39.6 Å². The van der Waals surface area contributed by atoms with Crippen molar-refractivity contribution in [1.29, 1.82) is 0 Å². The number of rotatable bonds is 4. The van der Waals surface area contributed by atoms with E-state index < -0.39 is 0 Å². The van der Waals surface area contributed by atoms with Crippen LogP contribution in [0.15, 0.2) is 54.7 Å². The molecule has 2 aromatic carbocycles. The quantitative estimate of drug-likeness (QED) is 0.523. The molecule has 2 nitrogen and oxygen atoms in total. The molecular formula is C20H17Cl2NO. The highest BCUT2D eigenvalue weighted by atomic mass is 35.5. The van der Waals surface area contributed by atoms with Crippen LogP contribution in [-0.4, -0.2) is 10.4 Å². The molecule has 1 aromatic heterocycles. The Balaban J connectivity index is 2.08. The van der Waals surface area contributed by atoms with Crippen LogP contribution in [0, 0.1) is 6.92 Å². The molecule has 0 aliphatic carbocycles. The lowest BCUT2D eigenvalue weighted by Gasteiger charge is -2.09. The van der Waals surface area contributed by atoms with E-state index in [0.29, 0.717) is 16.6 Å². The van der Waals surface area contributed by atoms with Crippen molar-refractivity contribution in [2.75, 3.05) is 0 Å². The maximum Gasteiger partial charge on any atom is 0.162 e. The summed E-state index contributed by atoms with van der Waals surface area (Å²) in [6.07, 6.45) is 2.02. The molecule has 0 radical (unpaired) electrons. The summed E-state index contributed by atoms with van der Waals surface area (Å²) in [7, 11) is 0. The highest BCUT2D eigenvalue weighted by molar-refractivity contribution is 6.35. The Morgan fingerprint density at radius 2 is 1.79 bits per heavy atom. The molecule has 24 heavy (non-hydrogen) atoms. The van der Waals surface area contributed by atoms with Crippen molar-refractivity contribution in [3.63, 3.8) is 0 Å². The molecular weight excluding hydrogens is 341 g/mol. The van der Waals surface area contributed by atoms with Gasteiger partial charge in [-0.15, -0.1) is 0 Å². The van der Waals surface area contributed by atoms with Crippen LogP contribution in [0.4, 0.5) is 0 Å². The number of Topliss-reactive ketones (excluding diaryl/α,β-unsaturated/α-hetero) is 1. The average molecular weight is 358 g/mol. The Hall–Kier alpha value is -2.03. The highest BCUT2D eigenvalue weighted by Gasteiger charge is 2.18. The summed E-state index contributed by atoms with van der Waals surface area (Å²) >= 11 is 12.3. The van der Waals surface area contributed by atoms with Crippen molar-refractivity contribution in [3.05, 3.63) is 81.6 Å². The molecule has 1 heterocycles. The molecule has 0 aliphatic heterocycles. The molecule has 0 atom stereocenters. The van der Waals surface area contributed by atoms with Crippen molar-refractivity contribution < 1.29 is 4.79 Å². The Morgan fingerprint density at radius 3 is 2.42 bits per heavy atom. The Morgan fingerprint density at radius 1 is 1.08 bits per heavy atom. The third-order valence-electron chi connectivity index (χ3n) is 4.14. The summed E-state index contributed by atoms with van der Waals surface area (Å²) < 4.78 is 2.06. The first-order valence-electron chi connectivity index (χ1n) is 7.67. The second-order valence-electron chi connectivity index (χ2n) is 5.79. The fourth-order valence-corrected chi connectivity index (χ4v) is 3.40. The molecule has 4 heteroatoms. The summed E-state index contributed by atoms with van der Waals surface area (Å²) in [4.78, 5) is 12.2. The van der Waals surface area contributed by atoms with E-state index in [4.69, 9.17) is 23.2 Å². The first-order chi connectivity index (χ1) is 11.5. The number of nitrogens with zero attached hydrogens (tertiary/aromatic N) is 1. The van der Waals surface area contributed by atoms with E-state index in [2.05, 4.69) is 4.57 Å². The largest absolute Gasteiger partial charge is 0.346 e. The monoisotopic (exact) mass is 357 g/mol. The van der Waals surface area contributed by atoms with E-state index in [0.717, 1.165) is 27.9 Å². The predicted octanol–water partition coefficient (Wildman–Crippen LogP) is 6.02. The van der Waals surface area contributed by atoms with Gasteiger partial charge in [0.1, 0.15) is 0 Å². The van der Waals surface area contributed by atoms with Gasteiger partial charge in [0.05, 0.1) is 0 Å². The molecule has 0 spiro atoms. The maximum absolute atomic E-state index is 12.2. The Bertz CT molecular complexity index is 898. The van der Waals surface area contributed by atoms with Crippen molar-refractivity contribution in [1.82, 2.24) is 4.57 Å². The number of ketones is 1. The molecule has 3 aromatic rings. The van der Waals surface area contributed by atoms with E-state index in [1.165, 1.54) is 0 Å². The third kappa shape index (κ3) is 3.26. The van der Waals surface area contributed by atoms with E-state index in [9.17, 15) is 4.79 Å². The predicted molar refractivity (Wildman–Crippen MR) is 100 cm³/mol. The number of halogens is 2. The first-order valence-corrected chi connectivity index (χ1v) is 8.43. The van der Waals surface area contributed by atoms with Crippen LogP contribution >= 0.6 is 23.2 Å². The van der Waals surface area contributed by atoms with Gasteiger partial charge in [-0.05, 0) is 37.1 Å². The SMILES string of the molecule is CC(=O)c1c(-c2ccccc2)cn(Cc2ccc(Cl)cc2Cl)c1C. The lowest BCUT2D eigenvalue weighted by atomic mass is 10.0. The summed E-state index contributed by atoms with van der Waals surface area (Å²) in [6.45, 7) is 4.16. The summed E-state index contributed by atoms with van der Waals surface area (Å²) in [6, 6.07) is 15.4. The highest BCUT2D eigenvalue weighted by Crippen LogP contribution is 2.30. The molecule has 0 bridgehead atoms. The van der Waals surface area contributed by atoms with Crippen molar-refractivity contribution in [3.8, 4) is 11.1 Å². The summed E-state index contributed by atoms with van der Waals surface area (Å²) in [5.41, 5.74) is 4.64.